The lowest BCUT2D eigenvalue weighted by atomic mass is 10.1. The van der Waals surface area contributed by atoms with Crippen LogP contribution in [0.5, 0.6) is 0 Å². The van der Waals surface area contributed by atoms with Gasteiger partial charge in [-0.2, -0.15) is 4.31 Å². The first kappa shape index (κ1) is 20.2. The molecule has 1 N–H and O–H groups in total. The average Bonchev–Trinajstić information content (AvgIpc) is 2.78. The van der Waals surface area contributed by atoms with Crippen molar-refractivity contribution in [1.29, 1.82) is 0 Å². The Morgan fingerprint density at radius 3 is 2.57 bits per heavy atom. The number of piperidine rings is 1. The van der Waals surface area contributed by atoms with Crippen LogP contribution in [0.1, 0.15) is 12.8 Å². The highest BCUT2D eigenvalue weighted by atomic mass is 32.2. The molecule has 0 radical (unpaired) electrons. The Morgan fingerprint density at radius 1 is 1.10 bits per heavy atom. The van der Waals surface area contributed by atoms with E-state index in [2.05, 4.69) is 15.3 Å². The molecule has 1 fully saturated rings. The van der Waals surface area contributed by atoms with E-state index in [0.717, 1.165) is 18.4 Å². The molecule has 1 unspecified atom stereocenters. The second-order valence-corrected chi connectivity index (χ2v) is 9.20. The van der Waals surface area contributed by atoms with Gasteiger partial charge in [0, 0.05) is 50.2 Å². The molecule has 30 heavy (non-hydrogen) atoms. The number of benzene rings is 1. The number of nitrogens with zero attached hydrogens (tertiary/aromatic N) is 4. The van der Waals surface area contributed by atoms with Crippen molar-refractivity contribution in [2.75, 3.05) is 18.4 Å². The summed E-state index contributed by atoms with van der Waals surface area (Å²) >= 11 is 0. The molecular weight excluding hydrogens is 402 g/mol. The van der Waals surface area contributed by atoms with E-state index in [1.807, 2.05) is 0 Å². The minimum Gasteiger partial charge on any atom is -0.351 e. The molecule has 3 heterocycles. The first-order chi connectivity index (χ1) is 14.4. The maximum absolute atomic E-state index is 13.0. The third kappa shape index (κ3) is 4.12. The predicted molar refractivity (Wildman–Crippen MR) is 115 cm³/mol. The summed E-state index contributed by atoms with van der Waals surface area (Å²) in [5.41, 5.74) is 1.15. The zero-order valence-electron chi connectivity index (χ0n) is 16.6. The zero-order valence-corrected chi connectivity index (χ0v) is 17.4. The molecule has 0 aliphatic carbocycles. The molecule has 3 aromatic rings. The van der Waals surface area contributed by atoms with Gasteiger partial charge in [-0.1, -0.05) is 18.2 Å². The first-order valence-electron chi connectivity index (χ1n) is 9.75. The van der Waals surface area contributed by atoms with Crippen LogP contribution in [-0.2, 0) is 17.1 Å². The molecule has 9 heteroatoms. The minimum absolute atomic E-state index is 0.150. The lowest BCUT2D eigenvalue weighted by Crippen LogP contribution is -2.45. The molecule has 156 valence electrons. The molecule has 1 atom stereocenters. The van der Waals surface area contributed by atoms with Crippen LogP contribution in [-0.4, -0.2) is 46.4 Å². The number of hydrogen-bond acceptors (Lipinski definition) is 6. The van der Waals surface area contributed by atoms with Crippen molar-refractivity contribution >= 4 is 16.0 Å². The van der Waals surface area contributed by atoms with Crippen molar-refractivity contribution in [2.45, 2.75) is 23.8 Å². The fourth-order valence-corrected chi connectivity index (χ4v) is 5.09. The van der Waals surface area contributed by atoms with Gasteiger partial charge in [-0.15, -0.1) is 0 Å². The van der Waals surface area contributed by atoms with Gasteiger partial charge in [0.15, 0.2) is 0 Å². The fraction of sp³-hybridized carbons (Fsp3) is 0.286. The molecule has 8 nitrogen and oxygen atoms in total. The van der Waals surface area contributed by atoms with Crippen molar-refractivity contribution in [3.63, 3.8) is 0 Å². The number of pyridine rings is 1. The van der Waals surface area contributed by atoms with Crippen LogP contribution >= 0.6 is 0 Å². The molecule has 0 spiro atoms. The number of sulfonamides is 1. The maximum atomic E-state index is 13.0. The zero-order chi connectivity index (χ0) is 21.1. The Kier molecular flexibility index (Phi) is 5.65. The Bertz CT molecular complexity index is 1180. The van der Waals surface area contributed by atoms with E-state index in [1.165, 1.54) is 14.9 Å². The lowest BCUT2D eigenvalue weighted by molar-refractivity contribution is 0.326. The van der Waals surface area contributed by atoms with Gasteiger partial charge in [0.25, 0.3) is 5.56 Å². The van der Waals surface area contributed by atoms with E-state index < -0.39 is 10.0 Å². The van der Waals surface area contributed by atoms with Gasteiger partial charge in [-0.3, -0.25) is 14.3 Å². The van der Waals surface area contributed by atoms with E-state index in [4.69, 9.17) is 0 Å². The smallest absolute Gasteiger partial charge is 0.255 e. The van der Waals surface area contributed by atoms with Gasteiger partial charge in [0.2, 0.25) is 16.0 Å². The standard InChI is InChI=1S/C21H23N5O3S/c1-25-20(27)14-19(16-9-11-22-12-10-16)24-21(25)23-17-6-5-13-26(15-17)30(28,29)18-7-3-2-4-8-18/h2-4,7-12,14,17H,5-6,13,15H2,1H3,(H,23,24). The number of nitrogens with one attached hydrogen (secondary N) is 1. The van der Waals surface area contributed by atoms with Gasteiger partial charge < -0.3 is 5.32 Å². The predicted octanol–water partition coefficient (Wildman–Crippen LogP) is 2.11. The fourth-order valence-electron chi connectivity index (χ4n) is 3.54. The van der Waals surface area contributed by atoms with Crippen LogP contribution in [0.15, 0.2) is 70.6 Å². The Hall–Kier alpha value is -3.04. The van der Waals surface area contributed by atoms with Crippen molar-refractivity contribution in [2.24, 2.45) is 7.05 Å². The normalized spacial score (nSPS) is 17.6. The first-order valence-corrected chi connectivity index (χ1v) is 11.2. The van der Waals surface area contributed by atoms with Gasteiger partial charge in [-0.25, -0.2) is 13.4 Å². The quantitative estimate of drug-likeness (QED) is 0.672. The SMILES string of the molecule is Cn1c(NC2CCCN(S(=O)(=O)c3ccccc3)C2)nc(-c2ccncc2)cc1=O. The van der Waals surface area contributed by atoms with Crippen LogP contribution in [0.25, 0.3) is 11.3 Å². The maximum Gasteiger partial charge on any atom is 0.255 e. The lowest BCUT2D eigenvalue weighted by Gasteiger charge is -2.32. The highest BCUT2D eigenvalue weighted by molar-refractivity contribution is 7.89. The van der Waals surface area contributed by atoms with Crippen molar-refractivity contribution < 1.29 is 8.42 Å². The van der Waals surface area contributed by atoms with E-state index in [9.17, 15) is 13.2 Å². The van der Waals surface area contributed by atoms with E-state index >= 15 is 0 Å². The summed E-state index contributed by atoms with van der Waals surface area (Å²) in [7, 11) is -1.91. The molecule has 0 bridgehead atoms. The molecule has 1 aliphatic heterocycles. The minimum atomic E-state index is -3.56. The number of hydrogen-bond donors (Lipinski definition) is 1. The van der Waals surface area contributed by atoms with Crippen LogP contribution < -0.4 is 10.9 Å². The van der Waals surface area contributed by atoms with Crippen LogP contribution in [0.3, 0.4) is 0 Å². The number of aromatic nitrogens is 3. The number of rotatable bonds is 5. The Balaban J connectivity index is 1.57. The van der Waals surface area contributed by atoms with E-state index in [0.29, 0.717) is 24.7 Å². The summed E-state index contributed by atoms with van der Waals surface area (Å²) in [4.78, 5) is 21.3. The van der Waals surface area contributed by atoms with Gasteiger partial charge in [0.1, 0.15) is 0 Å². The largest absolute Gasteiger partial charge is 0.351 e. The van der Waals surface area contributed by atoms with Crippen LogP contribution in [0.4, 0.5) is 5.95 Å². The highest BCUT2D eigenvalue weighted by Gasteiger charge is 2.30. The molecule has 4 rings (SSSR count). The van der Waals surface area contributed by atoms with E-state index in [-0.39, 0.29) is 16.5 Å². The highest BCUT2D eigenvalue weighted by Crippen LogP contribution is 2.23. The van der Waals surface area contributed by atoms with Crippen molar-refractivity contribution in [3.8, 4) is 11.3 Å². The molecule has 1 aromatic carbocycles. The molecule has 1 saturated heterocycles. The van der Waals surface area contributed by atoms with Gasteiger partial charge in [-0.05, 0) is 37.1 Å². The summed E-state index contributed by atoms with van der Waals surface area (Å²) in [6.45, 7) is 0.783. The topological polar surface area (TPSA) is 97.2 Å². The summed E-state index contributed by atoms with van der Waals surface area (Å²) in [5.74, 6) is 0.415. The summed E-state index contributed by atoms with van der Waals surface area (Å²) in [5, 5.41) is 3.28. The van der Waals surface area contributed by atoms with Crippen molar-refractivity contribution in [1.82, 2.24) is 18.8 Å². The molecule has 0 saturated carbocycles. The van der Waals surface area contributed by atoms with Gasteiger partial charge in [0.05, 0.1) is 10.6 Å². The third-order valence-corrected chi connectivity index (χ3v) is 7.09. The van der Waals surface area contributed by atoms with Crippen LogP contribution in [0, 0.1) is 0 Å². The molecule has 2 aromatic heterocycles. The Labute approximate surface area is 175 Å². The van der Waals surface area contributed by atoms with Crippen molar-refractivity contribution in [3.05, 3.63) is 71.3 Å². The molecule has 0 amide bonds. The van der Waals surface area contributed by atoms with E-state index in [1.54, 1.807) is 61.9 Å². The van der Waals surface area contributed by atoms with Gasteiger partial charge >= 0.3 is 0 Å². The monoisotopic (exact) mass is 425 g/mol. The molecule has 1 aliphatic rings. The number of anilines is 1. The third-order valence-electron chi connectivity index (χ3n) is 5.21. The Morgan fingerprint density at radius 2 is 1.83 bits per heavy atom. The summed E-state index contributed by atoms with van der Waals surface area (Å²) in [6, 6.07) is 13.4. The second-order valence-electron chi connectivity index (χ2n) is 7.26. The summed E-state index contributed by atoms with van der Waals surface area (Å²) in [6.07, 6.45) is 4.81. The summed E-state index contributed by atoms with van der Waals surface area (Å²) < 4.78 is 28.9. The molecular formula is C21H23N5O3S. The average molecular weight is 426 g/mol. The van der Waals surface area contributed by atoms with Crippen LogP contribution in [0.2, 0.25) is 0 Å². The second kappa shape index (κ2) is 8.37.